The maximum absolute atomic E-state index is 11.8. The minimum absolute atomic E-state index is 0.00886. The van der Waals surface area contributed by atoms with Gasteiger partial charge < -0.3 is 11.1 Å². The fourth-order valence-electron chi connectivity index (χ4n) is 2.44. The van der Waals surface area contributed by atoms with Gasteiger partial charge in [-0.3, -0.25) is 9.00 Å². The van der Waals surface area contributed by atoms with E-state index in [-0.39, 0.29) is 17.2 Å². The second kappa shape index (κ2) is 5.06. The molecule has 98 valence electrons. The largest absolute Gasteiger partial charge is 0.352 e. The van der Waals surface area contributed by atoms with Crippen molar-refractivity contribution in [3.63, 3.8) is 0 Å². The lowest BCUT2D eigenvalue weighted by Crippen LogP contribution is -2.49. The zero-order valence-corrected chi connectivity index (χ0v) is 11.2. The molecule has 0 aromatic rings. The number of nitrogens with two attached hydrogens (primary N) is 1. The molecule has 0 spiro atoms. The van der Waals surface area contributed by atoms with Crippen molar-refractivity contribution in [2.45, 2.75) is 62.3 Å². The minimum atomic E-state index is -0.737. The Morgan fingerprint density at radius 1 is 1.47 bits per heavy atom. The predicted octanol–water partition coefficient (Wildman–Crippen LogP) is 0.674. The van der Waals surface area contributed by atoms with Crippen LogP contribution in [0.25, 0.3) is 0 Å². The highest BCUT2D eigenvalue weighted by molar-refractivity contribution is 7.85. The van der Waals surface area contributed by atoms with Crippen LogP contribution in [0.4, 0.5) is 0 Å². The van der Waals surface area contributed by atoms with Gasteiger partial charge in [0, 0.05) is 27.8 Å². The third kappa shape index (κ3) is 3.07. The van der Waals surface area contributed by atoms with Gasteiger partial charge in [-0.1, -0.05) is 13.3 Å². The van der Waals surface area contributed by atoms with E-state index in [9.17, 15) is 9.00 Å². The van der Waals surface area contributed by atoms with Gasteiger partial charge in [0.25, 0.3) is 0 Å². The van der Waals surface area contributed by atoms with E-state index < -0.39 is 16.3 Å². The second-order valence-corrected chi connectivity index (χ2v) is 7.29. The van der Waals surface area contributed by atoms with Gasteiger partial charge in [-0.15, -0.1) is 0 Å². The lowest BCUT2D eigenvalue weighted by Gasteiger charge is -2.29. The fraction of sp³-hybridized carbons (Fsp3) is 0.917. The number of carbonyl (C=O) groups excluding carboxylic acids is 1. The summed E-state index contributed by atoms with van der Waals surface area (Å²) < 4.78 is 11.8. The lowest BCUT2D eigenvalue weighted by molar-refractivity contribution is -0.124. The zero-order chi connectivity index (χ0) is 12.5. The summed E-state index contributed by atoms with van der Waals surface area (Å²) >= 11 is 0. The Labute approximate surface area is 105 Å². The lowest BCUT2D eigenvalue weighted by atomic mass is 9.94. The number of hydrogen-bond donors (Lipinski definition) is 2. The van der Waals surface area contributed by atoms with Gasteiger partial charge in [0.05, 0.1) is 5.54 Å². The molecule has 2 fully saturated rings. The topological polar surface area (TPSA) is 72.2 Å². The molecule has 3 N–H and O–H groups in total. The molecule has 2 aliphatic carbocycles. The van der Waals surface area contributed by atoms with Crippen LogP contribution in [0.3, 0.4) is 0 Å². The fourth-order valence-corrected chi connectivity index (χ4v) is 3.79. The smallest absolute Gasteiger partial charge is 0.240 e. The van der Waals surface area contributed by atoms with Gasteiger partial charge in [0.1, 0.15) is 0 Å². The van der Waals surface area contributed by atoms with E-state index in [1.165, 1.54) is 0 Å². The highest BCUT2D eigenvalue weighted by Gasteiger charge is 2.46. The first kappa shape index (κ1) is 13.0. The summed E-state index contributed by atoms with van der Waals surface area (Å²) in [5, 5.41) is 3.29. The third-order valence-electron chi connectivity index (χ3n) is 3.86. The molecule has 17 heavy (non-hydrogen) atoms. The van der Waals surface area contributed by atoms with Crippen LogP contribution >= 0.6 is 0 Å². The molecule has 2 saturated carbocycles. The molecule has 0 heterocycles. The van der Waals surface area contributed by atoms with Crippen LogP contribution in [0.5, 0.6) is 0 Å². The van der Waals surface area contributed by atoms with Gasteiger partial charge in [-0.25, -0.2) is 0 Å². The minimum Gasteiger partial charge on any atom is -0.352 e. The average molecular weight is 258 g/mol. The Bertz CT molecular complexity index is 328. The van der Waals surface area contributed by atoms with Gasteiger partial charge in [0.15, 0.2) is 0 Å². The van der Waals surface area contributed by atoms with Crippen LogP contribution in [0.1, 0.15) is 45.4 Å². The molecule has 0 aromatic heterocycles. The molecular weight excluding hydrogens is 236 g/mol. The summed E-state index contributed by atoms with van der Waals surface area (Å²) in [6, 6.07) is 0.178. The van der Waals surface area contributed by atoms with E-state index in [0.29, 0.717) is 5.75 Å². The summed E-state index contributed by atoms with van der Waals surface area (Å²) in [5.41, 5.74) is 5.27. The average Bonchev–Trinajstić information content (AvgIpc) is 3.08. The van der Waals surface area contributed by atoms with Crippen molar-refractivity contribution in [2.75, 3.05) is 5.75 Å². The first-order chi connectivity index (χ1) is 8.05. The summed E-state index contributed by atoms with van der Waals surface area (Å²) in [4.78, 5) is 11.8. The molecule has 1 amide bonds. The zero-order valence-electron chi connectivity index (χ0n) is 10.4. The van der Waals surface area contributed by atoms with E-state index in [1.807, 2.05) is 6.92 Å². The Kier molecular flexibility index (Phi) is 3.88. The SMILES string of the molecule is CCS(=O)C1CCCC(NC(=O)C2(N)CC2)C1. The maximum atomic E-state index is 11.8. The molecule has 3 unspecified atom stereocenters. The van der Waals surface area contributed by atoms with Crippen LogP contribution in [0.15, 0.2) is 0 Å². The molecule has 0 aliphatic heterocycles. The summed E-state index contributed by atoms with van der Waals surface area (Å²) in [6.07, 6.45) is 5.53. The van der Waals surface area contributed by atoms with E-state index in [2.05, 4.69) is 5.32 Å². The van der Waals surface area contributed by atoms with Crippen LogP contribution < -0.4 is 11.1 Å². The molecule has 0 aromatic carbocycles. The third-order valence-corrected chi connectivity index (χ3v) is 5.60. The molecule has 0 bridgehead atoms. The van der Waals surface area contributed by atoms with Crippen molar-refractivity contribution in [3.8, 4) is 0 Å². The van der Waals surface area contributed by atoms with Crippen molar-refractivity contribution in [3.05, 3.63) is 0 Å². The van der Waals surface area contributed by atoms with Crippen molar-refractivity contribution in [2.24, 2.45) is 5.73 Å². The normalized spacial score (nSPS) is 32.8. The number of carbonyl (C=O) groups is 1. The van der Waals surface area contributed by atoms with E-state index in [0.717, 1.165) is 38.5 Å². The Morgan fingerprint density at radius 2 is 2.18 bits per heavy atom. The first-order valence-corrected chi connectivity index (χ1v) is 7.90. The molecule has 4 nitrogen and oxygen atoms in total. The number of amides is 1. The van der Waals surface area contributed by atoms with Crippen LogP contribution in [-0.4, -0.2) is 32.7 Å². The van der Waals surface area contributed by atoms with Crippen molar-refractivity contribution >= 4 is 16.7 Å². The predicted molar refractivity (Wildman–Crippen MR) is 69.0 cm³/mol. The van der Waals surface area contributed by atoms with Gasteiger partial charge in [-0.2, -0.15) is 0 Å². The molecule has 2 aliphatic rings. The Hall–Kier alpha value is -0.420. The number of nitrogens with one attached hydrogen (secondary N) is 1. The monoisotopic (exact) mass is 258 g/mol. The van der Waals surface area contributed by atoms with Gasteiger partial charge >= 0.3 is 0 Å². The number of rotatable bonds is 4. The molecule has 2 rings (SSSR count). The van der Waals surface area contributed by atoms with Crippen molar-refractivity contribution in [1.82, 2.24) is 5.32 Å². The highest BCUT2D eigenvalue weighted by Crippen LogP contribution is 2.33. The summed E-state index contributed by atoms with van der Waals surface area (Å²) in [6.45, 7) is 1.96. The number of hydrogen-bond acceptors (Lipinski definition) is 3. The van der Waals surface area contributed by atoms with Crippen molar-refractivity contribution in [1.29, 1.82) is 0 Å². The Balaban J connectivity index is 1.85. The Morgan fingerprint density at radius 3 is 2.76 bits per heavy atom. The molecule has 0 radical (unpaired) electrons. The standard InChI is InChI=1S/C12H22N2O2S/c1-2-17(16)10-5-3-4-9(8-10)14-11(15)12(13)6-7-12/h9-10H,2-8,13H2,1H3,(H,14,15). The first-order valence-electron chi connectivity index (χ1n) is 6.52. The van der Waals surface area contributed by atoms with Gasteiger partial charge in [-0.05, 0) is 32.1 Å². The molecular formula is C12H22N2O2S. The van der Waals surface area contributed by atoms with E-state index in [1.54, 1.807) is 0 Å². The molecule has 5 heteroatoms. The maximum Gasteiger partial charge on any atom is 0.240 e. The molecule has 3 atom stereocenters. The van der Waals surface area contributed by atoms with Crippen LogP contribution in [-0.2, 0) is 15.6 Å². The second-order valence-electron chi connectivity index (χ2n) is 5.28. The van der Waals surface area contributed by atoms with Crippen molar-refractivity contribution < 1.29 is 9.00 Å². The van der Waals surface area contributed by atoms with E-state index >= 15 is 0 Å². The molecule has 0 saturated heterocycles. The van der Waals surface area contributed by atoms with E-state index in [4.69, 9.17) is 5.73 Å². The van der Waals surface area contributed by atoms with Gasteiger partial charge in [0.2, 0.25) is 5.91 Å². The summed E-state index contributed by atoms with van der Waals surface area (Å²) in [5.74, 6) is 0.706. The highest BCUT2D eigenvalue weighted by atomic mass is 32.2. The summed E-state index contributed by atoms with van der Waals surface area (Å²) in [7, 11) is -0.737. The van der Waals surface area contributed by atoms with Crippen LogP contribution in [0, 0.1) is 0 Å². The quantitative estimate of drug-likeness (QED) is 0.778. The van der Waals surface area contributed by atoms with Crippen LogP contribution in [0.2, 0.25) is 0 Å².